The van der Waals surface area contributed by atoms with Crippen LogP contribution in [0.25, 0.3) is 0 Å². The summed E-state index contributed by atoms with van der Waals surface area (Å²) in [6.45, 7) is 8.77. The van der Waals surface area contributed by atoms with Crippen LogP contribution in [-0.2, 0) is 11.0 Å². The lowest BCUT2D eigenvalue weighted by Crippen LogP contribution is -2.14. The van der Waals surface area contributed by atoms with Gasteiger partial charge in [-0.3, -0.25) is 0 Å². The molecule has 0 aromatic heterocycles. The van der Waals surface area contributed by atoms with Crippen molar-refractivity contribution in [1.29, 1.82) is 0 Å². The second kappa shape index (κ2) is 7.77. The Kier molecular flexibility index (Phi) is 7.36. The molecule has 0 atom stereocenters. The summed E-state index contributed by atoms with van der Waals surface area (Å²) in [5.74, 6) is -0.151. The SMILES string of the molecule is CC(C)(C)ON=O.CC(C)c1c(Br)cccc1C(F)(F)F. The number of benzene rings is 1. The maximum atomic E-state index is 12.6. The van der Waals surface area contributed by atoms with E-state index in [1.54, 1.807) is 40.7 Å². The third-order valence-corrected chi connectivity index (χ3v) is 2.94. The monoisotopic (exact) mass is 369 g/mol. The van der Waals surface area contributed by atoms with Crippen molar-refractivity contribution >= 4 is 15.9 Å². The number of rotatable bonds is 2. The minimum atomic E-state index is -4.27. The molecule has 0 aliphatic rings. The van der Waals surface area contributed by atoms with Crippen LogP contribution >= 0.6 is 15.9 Å². The Morgan fingerprint density at radius 1 is 1.19 bits per heavy atom. The van der Waals surface area contributed by atoms with Crippen LogP contribution in [0.1, 0.15) is 51.7 Å². The quantitative estimate of drug-likeness (QED) is 0.468. The van der Waals surface area contributed by atoms with Crippen molar-refractivity contribution < 1.29 is 18.0 Å². The molecule has 0 aliphatic carbocycles. The largest absolute Gasteiger partial charge is 0.416 e. The Hall–Kier alpha value is -1.11. The smallest absolute Gasteiger partial charge is 0.358 e. The van der Waals surface area contributed by atoms with E-state index in [-0.39, 0.29) is 5.92 Å². The van der Waals surface area contributed by atoms with E-state index in [2.05, 4.69) is 26.1 Å². The fourth-order valence-electron chi connectivity index (χ4n) is 1.48. The zero-order valence-corrected chi connectivity index (χ0v) is 14.2. The van der Waals surface area contributed by atoms with Gasteiger partial charge in [0, 0.05) is 4.47 Å². The van der Waals surface area contributed by atoms with Gasteiger partial charge in [-0.25, -0.2) is 0 Å². The van der Waals surface area contributed by atoms with Crippen LogP contribution < -0.4 is 0 Å². The van der Waals surface area contributed by atoms with Crippen LogP contribution in [0.15, 0.2) is 28.0 Å². The molecular formula is C14H19BrF3NO2. The Bertz CT molecular complexity index is 468. The van der Waals surface area contributed by atoms with E-state index in [0.717, 1.165) is 6.07 Å². The molecule has 0 fully saturated rings. The molecule has 7 heteroatoms. The molecule has 0 aliphatic heterocycles. The molecule has 0 heterocycles. The van der Waals surface area contributed by atoms with E-state index in [9.17, 15) is 18.1 Å². The second-order valence-electron chi connectivity index (χ2n) is 5.63. The summed E-state index contributed by atoms with van der Waals surface area (Å²) >= 11 is 3.14. The lowest BCUT2D eigenvalue weighted by atomic mass is 9.97. The molecule has 0 unspecified atom stereocenters. The molecule has 1 rings (SSSR count). The lowest BCUT2D eigenvalue weighted by molar-refractivity contribution is -0.138. The highest BCUT2D eigenvalue weighted by molar-refractivity contribution is 9.10. The fourth-order valence-corrected chi connectivity index (χ4v) is 2.31. The van der Waals surface area contributed by atoms with E-state index in [1.165, 1.54) is 6.07 Å². The van der Waals surface area contributed by atoms with E-state index < -0.39 is 17.3 Å². The molecule has 120 valence electrons. The highest BCUT2D eigenvalue weighted by atomic mass is 79.9. The molecule has 0 radical (unpaired) electrons. The van der Waals surface area contributed by atoms with Crippen LogP contribution in [0.2, 0.25) is 0 Å². The van der Waals surface area contributed by atoms with Crippen LogP contribution in [0.3, 0.4) is 0 Å². The summed E-state index contributed by atoms with van der Waals surface area (Å²) in [6, 6.07) is 4.14. The molecule has 1 aromatic rings. The van der Waals surface area contributed by atoms with E-state index in [1.807, 2.05) is 0 Å². The molecule has 0 N–H and O–H groups in total. The van der Waals surface area contributed by atoms with Gasteiger partial charge in [-0.05, 0) is 44.4 Å². The van der Waals surface area contributed by atoms with Gasteiger partial charge in [-0.2, -0.15) is 13.2 Å². The van der Waals surface area contributed by atoms with Crippen LogP contribution in [0.4, 0.5) is 13.2 Å². The molecule has 0 amide bonds. The molecule has 0 saturated heterocycles. The summed E-state index contributed by atoms with van der Waals surface area (Å²) < 4.78 is 38.2. The molecule has 0 bridgehead atoms. The van der Waals surface area contributed by atoms with E-state index in [4.69, 9.17) is 0 Å². The fraction of sp³-hybridized carbons (Fsp3) is 0.571. The van der Waals surface area contributed by atoms with Crippen molar-refractivity contribution in [2.24, 2.45) is 5.34 Å². The Morgan fingerprint density at radius 2 is 1.71 bits per heavy atom. The van der Waals surface area contributed by atoms with Gasteiger partial charge in [0.2, 0.25) is 0 Å². The van der Waals surface area contributed by atoms with Gasteiger partial charge in [-0.1, -0.05) is 35.8 Å². The van der Waals surface area contributed by atoms with Gasteiger partial charge in [0.25, 0.3) is 0 Å². The second-order valence-corrected chi connectivity index (χ2v) is 6.49. The predicted molar refractivity (Wildman–Crippen MR) is 79.9 cm³/mol. The van der Waals surface area contributed by atoms with E-state index >= 15 is 0 Å². The molecule has 3 nitrogen and oxygen atoms in total. The maximum absolute atomic E-state index is 12.6. The van der Waals surface area contributed by atoms with Crippen LogP contribution in [0, 0.1) is 4.91 Å². The van der Waals surface area contributed by atoms with Gasteiger partial charge in [0.1, 0.15) is 5.60 Å². The highest BCUT2D eigenvalue weighted by Crippen LogP contribution is 2.38. The highest BCUT2D eigenvalue weighted by Gasteiger charge is 2.34. The molecule has 1 aromatic carbocycles. The first-order valence-electron chi connectivity index (χ1n) is 6.26. The van der Waals surface area contributed by atoms with Gasteiger partial charge in [0.15, 0.2) is 5.34 Å². The van der Waals surface area contributed by atoms with E-state index in [0.29, 0.717) is 10.0 Å². The zero-order chi connectivity index (χ0) is 16.8. The third-order valence-electron chi connectivity index (χ3n) is 2.25. The third kappa shape index (κ3) is 7.45. The van der Waals surface area contributed by atoms with Crippen LogP contribution in [0.5, 0.6) is 0 Å². The Balaban J connectivity index is 0.000000486. The average Bonchev–Trinajstić information content (AvgIpc) is 2.26. The maximum Gasteiger partial charge on any atom is 0.416 e. The Morgan fingerprint density at radius 3 is 1.95 bits per heavy atom. The summed E-state index contributed by atoms with van der Waals surface area (Å²) in [7, 11) is 0. The standard InChI is InChI=1S/C10H10BrF3.C4H9NO2/c1-6(2)9-7(10(12,13)14)4-3-5-8(9)11;1-4(2,3)7-5-6/h3-6H,1-2H3;1-3H3. The van der Waals surface area contributed by atoms with Gasteiger partial charge in [-0.15, -0.1) is 4.91 Å². The molecule has 21 heavy (non-hydrogen) atoms. The van der Waals surface area contributed by atoms with Gasteiger partial charge < -0.3 is 4.84 Å². The minimum Gasteiger partial charge on any atom is -0.358 e. The number of hydrogen-bond donors (Lipinski definition) is 0. The van der Waals surface area contributed by atoms with Crippen molar-refractivity contribution in [3.05, 3.63) is 38.7 Å². The first-order valence-corrected chi connectivity index (χ1v) is 7.06. The summed E-state index contributed by atoms with van der Waals surface area (Å²) in [5.41, 5.74) is -0.663. The molecule has 0 spiro atoms. The van der Waals surface area contributed by atoms with Crippen LogP contribution in [-0.4, -0.2) is 5.60 Å². The number of nitrogens with zero attached hydrogens (tertiary/aromatic N) is 1. The number of alkyl halides is 3. The van der Waals surface area contributed by atoms with Crippen molar-refractivity contribution in [1.82, 2.24) is 0 Å². The summed E-state index contributed by atoms with van der Waals surface area (Å²) in [5, 5.41) is 2.26. The molecule has 0 saturated carbocycles. The first kappa shape index (κ1) is 19.9. The summed E-state index contributed by atoms with van der Waals surface area (Å²) in [4.78, 5) is 13.6. The normalized spacial score (nSPS) is 11.7. The van der Waals surface area contributed by atoms with Crippen molar-refractivity contribution in [2.45, 2.75) is 52.3 Å². The minimum absolute atomic E-state index is 0.151. The zero-order valence-electron chi connectivity index (χ0n) is 12.6. The predicted octanol–water partition coefficient (Wildman–Crippen LogP) is 6.07. The van der Waals surface area contributed by atoms with Crippen molar-refractivity contribution in [2.75, 3.05) is 0 Å². The van der Waals surface area contributed by atoms with Crippen molar-refractivity contribution in [3.8, 4) is 0 Å². The molecular weight excluding hydrogens is 351 g/mol. The van der Waals surface area contributed by atoms with Gasteiger partial charge in [0.05, 0.1) is 5.56 Å². The number of halogens is 4. The first-order chi connectivity index (χ1) is 9.40. The van der Waals surface area contributed by atoms with Crippen molar-refractivity contribution in [3.63, 3.8) is 0 Å². The summed E-state index contributed by atoms with van der Waals surface area (Å²) in [6.07, 6.45) is -4.27. The average molecular weight is 370 g/mol. The lowest BCUT2D eigenvalue weighted by Gasteiger charge is -2.16. The number of hydrogen-bond acceptors (Lipinski definition) is 3. The topological polar surface area (TPSA) is 38.7 Å². The van der Waals surface area contributed by atoms with Gasteiger partial charge >= 0.3 is 6.18 Å². The Labute approximate surface area is 130 Å².